The molecule has 0 radical (unpaired) electrons. The SMILES string of the molecule is CC1CCCN(c2ccc(C(=O)O)cn2)C1. The fourth-order valence-corrected chi connectivity index (χ4v) is 2.10. The van der Waals surface area contributed by atoms with Crippen LogP contribution in [0, 0.1) is 5.92 Å². The van der Waals surface area contributed by atoms with Gasteiger partial charge in [0, 0.05) is 19.3 Å². The molecule has 0 bridgehead atoms. The number of hydrogen-bond acceptors (Lipinski definition) is 3. The lowest BCUT2D eigenvalue weighted by molar-refractivity contribution is 0.0696. The largest absolute Gasteiger partial charge is 0.478 e. The Balaban J connectivity index is 2.11. The molecule has 0 aromatic carbocycles. The Labute approximate surface area is 94.9 Å². The number of aromatic carboxylic acids is 1. The quantitative estimate of drug-likeness (QED) is 0.828. The second-order valence-electron chi connectivity index (χ2n) is 4.40. The monoisotopic (exact) mass is 220 g/mol. The van der Waals surface area contributed by atoms with Gasteiger partial charge in [-0.3, -0.25) is 0 Å². The van der Waals surface area contributed by atoms with Gasteiger partial charge in [0.25, 0.3) is 0 Å². The first kappa shape index (κ1) is 10.9. The molecule has 1 aliphatic heterocycles. The van der Waals surface area contributed by atoms with Crippen molar-refractivity contribution in [3.63, 3.8) is 0 Å². The van der Waals surface area contributed by atoms with Gasteiger partial charge in [0.05, 0.1) is 5.56 Å². The lowest BCUT2D eigenvalue weighted by Gasteiger charge is -2.31. The van der Waals surface area contributed by atoms with Gasteiger partial charge in [0.1, 0.15) is 5.82 Å². The predicted molar refractivity (Wildman–Crippen MR) is 61.8 cm³/mol. The maximum absolute atomic E-state index is 10.7. The summed E-state index contributed by atoms with van der Waals surface area (Å²) >= 11 is 0. The maximum Gasteiger partial charge on any atom is 0.337 e. The van der Waals surface area contributed by atoms with Crippen LogP contribution in [0.5, 0.6) is 0 Å². The molecule has 2 heterocycles. The summed E-state index contributed by atoms with van der Waals surface area (Å²) in [5.74, 6) is 0.650. The normalized spacial score (nSPS) is 20.8. The zero-order valence-corrected chi connectivity index (χ0v) is 9.39. The summed E-state index contributed by atoms with van der Waals surface area (Å²) in [6.45, 7) is 4.26. The van der Waals surface area contributed by atoms with Gasteiger partial charge in [0.2, 0.25) is 0 Å². The van der Waals surface area contributed by atoms with E-state index in [-0.39, 0.29) is 5.56 Å². The number of carbonyl (C=O) groups is 1. The summed E-state index contributed by atoms with van der Waals surface area (Å²) in [5, 5.41) is 8.77. The van der Waals surface area contributed by atoms with E-state index in [2.05, 4.69) is 16.8 Å². The number of hydrogen-bond donors (Lipinski definition) is 1. The van der Waals surface area contributed by atoms with Crippen molar-refractivity contribution >= 4 is 11.8 Å². The van der Waals surface area contributed by atoms with Crippen molar-refractivity contribution in [1.29, 1.82) is 0 Å². The highest BCUT2D eigenvalue weighted by Crippen LogP contribution is 2.21. The average molecular weight is 220 g/mol. The van der Waals surface area contributed by atoms with Crippen LogP contribution in [0.1, 0.15) is 30.1 Å². The van der Waals surface area contributed by atoms with Gasteiger partial charge in [0.15, 0.2) is 0 Å². The third kappa shape index (κ3) is 2.32. The van der Waals surface area contributed by atoms with Crippen LogP contribution in [0.15, 0.2) is 18.3 Å². The minimum Gasteiger partial charge on any atom is -0.478 e. The molecule has 2 rings (SSSR count). The lowest BCUT2D eigenvalue weighted by atomic mass is 10.0. The number of rotatable bonds is 2. The topological polar surface area (TPSA) is 53.4 Å². The third-order valence-corrected chi connectivity index (χ3v) is 2.98. The van der Waals surface area contributed by atoms with E-state index in [1.165, 1.54) is 19.0 Å². The Morgan fingerprint density at radius 3 is 2.94 bits per heavy atom. The number of carboxylic acids is 1. The zero-order valence-electron chi connectivity index (χ0n) is 9.39. The molecule has 1 atom stereocenters. The fourth-order valence-electron chi connectivity index (χ4n) is 2.10. The van der Waals surface area contributed by atoms with Gasteiger partial charge in [-0.15, -0.1) is 0 Å². The number of pyridine rings is 1. The summed E-state index contributed by atoms with van der Waals surface area (Å²) < 4.78 is 0. The highest BCUT2D eigenvalue weighted by Gasteiger charge is 2.17. The van der Waals surface area contributed by atoms with Crippen molar-refractivity contribution < 1.29 is 9.90 Å². The first-order valence-corrected chi connectivity index (χ1v) is 5.61. The first-order valence-electron chi connectivity index (χ1n) is 5.61. The van der Waals surface area contributed by atoms with E-state index in [1.807, 2.05) is 0 Å². The standard InChI is InChI=1S/C12H16N2O2/c1-9-3-2-6-14(8-9)11-5-4-10(7-13-11)12(15)16/h4-5,7,9H,2-3,6,8H2,1H3,(H,15,16). The number of carboxylic acid groups (broad SMARTS) is 1. The van der Waals surface area contributed by atoms with Crippen molar-refractivity contribution in [2.75, 3.05) is 18.0 Å². The van der Waals surface area contributed by atoms with Crippen LogP contribution in [0.25, 0.3) is 0 Å². The van der Waals surface area contributed by atoms with E-state index in [0.29, 0.717) is 5.92 Å². The molecule has 1 unspecified atom stereocenters. The van der Waals surface area contributed by atoms with Gasteiger partial charge in [-0.2, -0.15) is 0 Å². The van der Waals surface area contributed by atoms with Crippen molar-refractivity contribution in [3.8, 4) is 0 Å². The van der Waals surface area contributed by atoms with Gasteiger partial charge < -0.3 is 10.0 Å². The van der Waals surface area contributed by atoms with Crippen molar-refractivity contribution in [2.45, 2.75) is 19.8 Å². The van der Waals surface area contributed by atoms with E-state index < -0.39 is 5.97 Å². The van der Waals surface area contributed by atoms with Crippen LogP contribution in [0.4, 0.5) is 5.82 Å². The average Bonchev–Trinajstić information content (AvgIpc) is 2.29. The molecule has 1 aromatic rings. The fraction of sp³-hybridized carbons (Fsp3) is 0.500. The molecule has 1 aliphatic rings. The van der Waals surface area contributed by atoms with Crippen LogP contribution in [-0.4, -0.2) is 29.1 Å². The van der Waals surface area contributed by atoms with Gasteiger partial charge in [-0.1, -0.05) is 6.92 Å². The summed E-state index contributed by atoms with van der Waals surface area (Å²) in [7, 11) is 0. The summed E-state index contributed by atoms with van der Waals surface area (Å²) in [5.41, 5.74) is 0.244. The molecule has 1 N–H and O–H groups in total. The van der Waals surface area contributed by atoms with Crippen LogP contribution < -0.4 is 4.90 Å². The van der Waals surface area contributed by atoms with E-state index in [0.717, 1.165) is 18.9 Å². The Morgan fingerprint density at radius 2 is 2.38 bits per heavy atom. The highest BCUT2D eigenvalue weighted by molar-refractivity contribution is 5.87. The van der Waals surface area contributed by atoms with E-state index in [9.17, 15) is 4.79 Å². The second-order valence-corrected chi connectivity index (χ2v) is 4.40. The van der Waals surface area contributed by atoms with Crippen LogP contribution in [0.2, 0.25) is 0 Å². The lowest BCUT2D eigenvalue weighted by Crippen LogP contribution is -2.34. The maximum atomic E-state index is 10.7. The Hall–Kier alpha value is -1.58. The molecule has 0 aliphatic carbocycles. The number of piperidine rings is 1. The number of aromatic nitrogens is 1. The van der Waals surface area contributed by atoms with Crippen molar-refractivity contribution in [3.05, 3.63) is 23.9 Å². The third-order valence-electron chi connectivity index (χ3n) is 2.98. The van der Waals surface area contributed by atoms with E-state index in [4.69, 9.17) is 5.11 Å². The minimum atomic E-state index is -0.925. The molecule has 0 saturated carbocycles. The molecule has 0 amide bonds. The number of nitrogens with zero attached hydrogens (tertiary/aromatic N) is 2. The molecule has 4 heteroatoms. The first-order chi connectivity index (χ1) is 7.66. The molecular formula is C12H16N2O2. The zero-order chi connectivity index (χ0) is 11.5. The predicted octanol–water partition coefficient (Wildman–Crippen LogP) is 2.02. The van der Waals surface area contributed by atoms with Crippen LogP contribution in [0.3, 0.4) is 0 Å². The molecule has 1 fully saturated rings. The molecule has 86 valence electrons. The Kier molecular flexibility index (Phi) is 3.08. The van der Waals surface area contributed by atoms with Crippen molar-refractivity contribution in [1.82, 2.24) is 4.98 Å². The molecule has 1 saturated heterocycles. The van der Waals surface area contributed by atoms with E-state index in [1.54, 1.807) is 12.1 Å². The second kappa shape index (κ2) is 4.51. The molecular weight excluding hydrogens is 204 g/mol. The van der Waals surface area contributed by atoms with Crippen molar-refractivity contribution in [2.24, 2.45) is 5.92 Å². The van der Waals surface area contributed by atoms with Crippen LogP contribution >= 0.6 is 0 Å². The molecule has 4 nitrogen and oxygen atoms in total. The van der Waals surface area contributed by atoms with Gasteiger partial charge in [-0.05, 0) is 30.9 Å². The Bertz CT molecular complexity index is 375. The van der Waals surface area contributed by atoms with Gasteiger partial charge in [-0.25, -0.2) is 9.78 Å². The Morgan fingerprint density at radius 1 is 1.56 bits per heavy atom. The minimum absolute atomic E-state index is 0.244. The highest BCUT2D eigenvalue weighted by atomic mass is 16.4. The smallest absolute Gasteiger partial charge is 0.337 e. The summed E-state index contributed by atoms with van der Waals surface area (Å²) in [6.07, 6.45) is 3.88. The van der Waals surface area contributed by atoms with E-state index >= 15 is 0 Å². The molecule has 0 spiro atoms. The number of anilines is 1. The summed E-state index contributed by atoms with van der Waals surface area (Å²) in [6, 6.07) is 3.41. The van der Waals surface area contributed by atoms with Crippen LogP contribution in [-0.2, 0) is 0 Å². The molecule has 1 aromatic heterocycles. The van der Waals surface area contributed by atoms with Gasteiger partial charge >= 0.3 is 5.97 Å². The summed E-state index contributed by atoms with van der Waals surface area (Å²) in [4.78, 5) is 17.1. The molecule has 16 heavy (non-hydrogen) atoms.